The van der Waals surface area contributed by atoms with Gasteiger partial charge in [-0.1, -0.05) is 30.3 Å². The Morgan fingerprint density at radius 2 is 2.00 bits per heavy atom. The van der Waals surface area contributed by atoms with E-state index in [0.29, 0.717) is 19.0 Å². The molecule has 1 saturated heterocycles. The van der Waals surface area contributed by atoms with Crippen LogP contribution in [-0.4, -0.2) is 50.7 Å². The second-order valence-electron chi connectivity index (χ2n) is 6.76. The number of nitrogens with zero attached hydrogens (tertiary/aromatic N) is 3. The average molecular weight is 342 g/mol. The molecular weight excluding hydrogens is 316 g/mol. The highest BCUT2D eigenvalue weighted by atomic mass is 16.3. The van der Waals surface area contributed by atoms with E-state index in [1.807, 2.05) is 30.6 Å². The van der Waals surface area contributed by atoms with E-state index in [0.717, 1.165) is 25.2 Å². The van der Waals surface area contributed by atoms with Gasteiger partial charge in [-0.2, -0.15) is 0 Å². The summed E-state index contributed by atoms with van der Waals surface area (Å²) in [6, 6.07) is 9.49. The second kappa shape index (κ2) is 7.80. The molecule has 1 aliphatic rings. The number of aromatic nitrogens is 2. The third kappa shape index (κ3) is 4.08. The lowest BCUT2D eigenvalue weighted by molar-refractivity contribution is -0.135. The number of nitrogens with two attached hydrogens (primary N) is 1. The van der Waals surface area contributed by atoms with Crippen molar-refractivity contribution in [3.05, 3.63) is 54.1 Å². The Labute approximate surface area is 148 Å². The van der Waals surface area contributed by atoms with Gasteiger partial charge < -0.3 is 20.3 Å². The minimum absolute atomic E-state index is 0.166. The molecule has 0 bridgehead atoms. The average Bonchev–Trinajstić information content (AvgIpc) is 3.09. The maximum absolute atomic E-state index is 12.3. The van der Waals surface area contributed by atoms with Crippen molar-refractivity contribution < 1.29 is 9.90 Å². The SMILES string of the molecule is C[C@@H](O)[C@H](N)C(=O)N1CCC(c2nccn2Cc2ccccc2)CC1. The van der Waals surface area contributed by atoms with Gasteiger partial charge in [-0.15, -0.1) is 0 Å². The van der Waals surface area contributed by atoms with E-state index >= 15 is 0 Å². The van der Waals surface area contributed by atoms with Crippen molar-refractivity contribution >= 4 is 5.91 Å². The van der Waals surface area contributed by atoms with Crippen LogP contribution in [-0.2, 0) is 11.3 Å². The lowest BCUT2D eigenvalue weighted by Gasteiger charge is -2.34. The van der Waals surface area contributed by atoms with E-state index in [4.69, 9.17) is 5.73 Å². The molecule has 1 amide bonds. The molecule has 6 heteroatoms. The summed E-state index contributed by atoms with van der Waals surface area (Å²) < 4.78 is 2.19. The van der Waals surface area contributed by atoms with Crippen molar-refractivity contribution in [3.8, 4) is 0 Å². The van der Waals surface area contributed by atoms with Crippen LogP contribution in [0.2, 0.25) is 0 Å². The number of piperidine rings is 1. The summed E-state index contributed by atoms with van der Waals surface area (Å²) in [5, 5.41) is 9.51. The van der Waals surface area contributed by atoms with Gasteiger partial charge in [0, 0.05) is 37.9 Å². The molecule has 3 N–H and O–H groups in total. The van der Waals surface area contributed by atoms with Gasteiger partial charge in [0.2, 0.25) is 5.91 Å². The van der Waals surface area contributed by atoms with Crippen LogP contribution in [0, 0.1) is 0 Å². The monoisotopic (exact) mass is 342 g/mol. The lowest BCUT2D eigenvalue weighted by atomic mass is 9.95. The molecule has 1 aromatic carbocycles. The smallest absolute Gasteiger partial charge is 0.242 e. The van der Waals surface area contributed by atoms with Crippen molar-refractivity contribution in [3.63, 3.8) is 0 Å². The van der Waals surface area contributed by atoms with Crippen molar-refractivity contribution in [2.75, 3.05) is 13.1 Å². The van der Waals surface area contributed by atoms with Gasteiger partial charge in [-0.25, -0.2) is 4.98 Å². The maximum atomic E-state index is 12.3. The number of aliphatic hydroxyl groups is 1. The van der Waals surface area contributed by atoms with Crippen LogP contribution in [0.4, 0.5) is 0 Å². The standard InChI is InChI=1S/C19H26N4O2/c1-14(24)17(20)19(25)22-10-7-16(8-11-22)18-21-9-12-23(18)13-15-5-3-2-4-6-15/h2-6,9,12,14,16-17,24H,7-8,10-11,13,20H2,1H3/t14-,17+/m1/s1. The Morgan fingerprint density at radius 3 is 2.64 bits per heavy atom. The number of aliphatic hydroxyl groups excluding tert-OH is 1. The van der Waals surface area contributed by atoms with Gasteiger partial charge in [0.15, 0.2) is 0 Å². The first kappa shape index (κ1) is 17.6. The number of carbonyl (C=O) groups excluding carboxylic acids is 1. The highest BCUT2D eigenvalue weighted by molar-refractivity contribution is 5.82. The molecule has 3 rings (SSSR count). The van der Waals surface area contributed by atoms with Gasteiger partial charge in [0.1, 0.15) is 11.9 Å². The number of likely N-dealkylation sites (tertiary alicyclic amines) is 1. The minimum atomic E-state index is -0.836. The molecular formula is C19H26N4O2. The Morgan fingerprint density at radius 1 is 1.32 bits per heavy atom. The second-order valence-corrected chi connectivity index (χ2v) is 6.76. The van der Waals surface area contributed by atoms with E-state index in [2.05, 4.69) is 21.7 Å². The van der Waals surface area contributed by atoms with E-state index in [9.17, 15) is 9.90 Å². The highest BCUT2D eigenvalue weighted by Crippen LogP contribution is 2.27. The summed E-state index contributed by atoms with van der Waals surface area (Å²) in [6.45, 7) is 3.67. The topological polar surface area (TPSA) is 84.4 Å². The fourth-order valence-electron chi connectivity index (χ4n) is 3.37. The molecule has 0 radical (unpaired) electrons. The number of hydrogen-bond acceptors (Lipinski definition) is 4. The van der Waals surface area contributed by atoms with Crippen LogP contribution in [0.5, 0.6) is 0 Å². The molecule has 2 aromatic rings. The molecule has 0 unspecified atom stereocenters. The third-order valence-electron chi connectivity index (χ3n) is 4.92. The highest BCUT2D eigenvalue weighted by Gasteiger charge is 2.30. The van der Waals surface area contributed by atoms with Crippen LogP contribution in [0.3, 0.4) is 0 Å². The Hall–Kier alpha value is -2.18. The van der Waals surface area contributed by atoms with Crippen molar-refractivity contribution in [2.45, 2.75) is 44.4 Å². The fourth-order valence-corrected chi connectivity index (χ4v) is 3.37. The first-order valence-electron chi connectivity index (χ1n) is 8.83. The molecule has 0 aliphatic carbocycles. The summed E-state index contributed by atoms with van der Waals surface area (Å²) >= 11 is 0. The summed E-state index contributed by atoms with van der Waals surface area (Å²) in [7, 11) is 0. The molecule has 0 spiro atoms. The number of imidazole rings is 1. The summed E-state index contributed by atoms with van der Waals surface area (Å²) in [4.78, 5) is 18.6. The number of carbonyl (C=O) groups is 1. The Balaban J connectivity index is 1.62. The first-order chi connectivity index (χ1) is 12.1. The molecule has 2 heterocycles. The molecule has 6 nitrogen and oxygen atoms in total. The fraction of sp³-hybridized carbons (Fsp3) is 0.474. The molecule has 1 aliphatic heterocycles. The molecule has 134 valence electrons. The van der Waals surface area contributed by atoms with Crippen LogP contribution in [0.15, 0.2) is 42.7 Å². The molecule has 0 saturated carbocycles. The zero-order chi connectivity index (χ0) is 17.8. The number of rotatable bonds is 5. The largest absolute Gasteiger partial charge is 0.391 e. The van der Waals surface area contributed by atoms with Crippen molar-refractivity contribution in [1.29, 1.82) is 0 Å². The quantitative estimate of drug-likeness (QED) is 0.859. The number of hydrogen-bond donors (Lipinski definition) is 2. The Bertz CT molecular complexity index is 690. The zero-order valence-electron chi connectivity index (χ0n) is 14.6. The van der Waals surface area contributed by atoms with Gasteiger partial charge in [0.05, 0.1) is 6.10 Å². The summed E-state index contributed by atoms with van der Waals surface area (Å²) in [6.07, 6.45) is 4.77. The van der Waals surface area contributed by atoms with Crippen LogP contribution < -0.4 is 5.73 Å². The maximum Gasteiger partial charge on any atom is 0.242 e. The normalized spacial score (nSPS) is 18.1. The molecule has 2 atom stereocenters. The minimum Gasteiger partial charge on any atom is -0.391 e. The van der Waals surface area contributed by atoms with Crippen LogP contribution in [0.1, 0.15) is 37.1 Å². The number of benzene rings is 1. The van der Waals surface area contributed by atoms with E-state index in [-0.39, 0.29) is 5.91 Å². The summed E-state index contributed by atoms with van der Waals surface area (Å²) in [5.41, 5.74) is 7.02. The van der Waals surface area contributed by atoms with Crippen LogP contribution in [0.25, 0.3) is 0 Å². The van der Waals surface area contributed by atoms with E-state index in [1.54, 1.807) is 11.8 Å². The lowest BCUT2D eigenvalue weighted by Crippen LogP contribution is -2.51. The predicted octanol–water partition coefficient (Wildman–Crippen LogP) is 1.35. The van der Waals surface area contributed by atoms with Gasteiger partial charge >= 0.3 is 0 Å². The van der Waals surface area contributed by atoms with Crippen molar-refractivity contribution in [1.82, 2.24) is 14.5 Å². The van der Waals surface area contributed by atoms with Crippen molar-refractivity contribution in [2.24, 2.45) is 5.73 Å². The zero-order valence-corrected chi connectivity index (χ0v) is 14.6. The van der Waals surface area contributed by atoms with Gasteiger partial charge in [-0.05, 0) is 25.3 Å². The molecule has 1 fully saturated rings. The predicted molar refractivity (Wildman–Crippen MR) is 96.0 cm³/mol. The first-order valence-corrected chi connectivity index (χ1v) is 8.83. The van der Waals surface area contributed by atoms with E-state index in [1.165, 1.54) is 5.56 Å². The van der Waals surface area contributed by atoms with Crippen LogP contribution >= 0.6 is 0 Å². The number of amides is 1. The van der Waals surface area contributed by atoms with E-state index < -0.39 is 12.1 Å². The summed E-state index contributed by atoms with van der Waals surface area (Å²) in [5.74, 6) is 1.25. The van der Waals surface area contributed by atoms with Gasteiger partial charge in [0.25, 0.3) is 0 Å². The molecule has 1 aromatic heterocycles. The molecule has 25 heavy (non-hydrogen) atoms. The third-order valence-corrected chi connectivity index (χ3v) is 4.92. The Kier molecular flexibility index (Phi) is 5.50. The van der Waals surface area contributed by atoms with Gasteiger partial charge in [-0.3, -0.25) is 4.79 Å².